The Morgan fingerprint density at radius 3 is 2.53 bits per heavy atom. The molecular weight excluding hydrogens is 267 g/mol. The van der Waals surface area contributed by atoms with Crippen LogP contribution in [0.2, 0.25) is 0 Å². The van der Waals surface area contributed by atoms with Gasteiger partial charge in [0.15, 0.2) is 5.54 Å². The molecular formula is C9H12F3N5O2. The normalized spacial score (nSPS) is 14.8. The number of aromatic nitrogens is 2. The minimum Gasteiger partial charge on any atom is -0.368 e. The lowest BCUT2D eigenvalue weighted by Crippen LogP contribution is -2.59. The van der Waals surface area contributed by atoms with Crippen molar-refractivity contribution in [3.8, 4) is 0 Å². The van der Waals surface area contributed by atoms with E-state index in [9.17, 15) is 22.8 Å². The number of amides is 2. The molecule has 2 amide bonds. The molecule has 0 aliphatic carbocycles. The quantitative estimate of drug-likeness (QED) is 0.694. The fraction of sp³-hybridized carbons (Fsp3) is 0.444. The Bertz CT molecular complexity index is 494. The zero-order valence-corrected chi connectivity index (χ0v) is 9.86. The Morgan fingerprint density at radius 2 is 2.05 bits per heavy atom. The summed E-state index contributed by atoms with van der Waals surface area (Å²) in [5.41, 5.74) is 6.79. The Hall–Kier alpha value is -2.10. The molecule has 0 aliphatic rings. The molecule has 1 unspecified atom stereocenters. The highest BCUT2D eigenvalue weighted by molar-refractivity contribution is 5.98. The number of halogens is 3. The molecule has 0 saturated carbocycles. The van der Waals surface area contributed by atoms with Crippen molar-refractivity contribution in [2.24, 2.45) is 11.5 Å². The molecule has 5 N–H and O–H groups in total. The second kappa shape index (κ2) is 4.88. The van der Waals surface area contributed by atoms with E-state index in [1.807, 2.05) is 5.32 Å². The largest absolute Gasteiger partial charge is 0.415 e. The lowest BCUT2D eigenvalue weighted by atomic mass is 10.0. The van der Waals surface area contributed by atoms with Gasteiger partial charge in [-0.05, 0) is 6.92 Å². The van der Waals surface area contributed by atoms with Crippen LogP contribution < -0.4 is 16.8 Å². The fourth-order valence-electron chi connectivity index (χ4n) is 1.06. The monoisotopic (exact) mass is 279 g/mol. The first-order valence-electron chi connectivity index (χ1n) is 5.02. The van der Waals surface area contributed by atoms with Crippen LogP contribution >= 0.6 is 0 Å². The lowest BCUT2D eigenvalue weighted by Gasteiger charge is -2.25. The van der Waals surface area contributed by atoms with Crippen molar-refractivity contribution in [3.05, 3.63) is 12.4 Å². The second-order valence-electron chi connectivity index (χ2n) is 4.05. The number of nitrogens with zero attached hydrogens (tertiary/aromatic N) is 2. The zero-order valence-electron chi connectivity index (χ0n) is 9.86. The topological polar surface area (TPSA) is 116 Å². The summed E-state index contributed by atoms with van der Waals surface area (Å²) in [5.74, 6) is -2.11. The van der Waals surface area contributed by atoms with Crippen LogP contribution in [0, 0.1) is 0 Å². The van der Waals surface area contributed by atoms with Gasteiger partial charge in [-0.2, -0.15) is 18.3 Å². The minimum atomic E-state index is -4.89. The van der Waals surface area contributed by atoms with E-state index in [4.69, 9.17) is 11.5 Å². The Morgan fingerprint density at radius 1 is 1.47 bits per heavy atom. The molecule has 0 fully saturated rings. The van der Waals surface area contributed by atoms with Gasteiger partial charge in [-0.3, -0.25) is 14.3 Å². The van der Waals surface area contributed by atoms with E-state index in [1.54, 1.807) is 0 Å². The van der Waals surface area contributed by atoms with Gasteiger partial charge in [0.05, 0.1) is 11.9 Å². The van der Waals surface area contributed by atoms with Gasteiger partial charge >= 0.3 is 6.18 Å². The van der Waals surface area contributed by atoms with Crippen molar-refractivity contribution < 1.29 is 22.8 Å². The molecule has 0 aromatic carbocycles. The third-order valence-corrected chi connectivity index (χ3v) is 2.27. The SMILES string of the molecule is CC(N)(C(=O)Nc1cnn(CC(N)=O)c1)C(F)(F)F. The zero-order chi connectivity index (χ0) is 14.8. The van der Waals surface area contributed by atoms with E-state index < -0.39 is 23.5 Å². The van der Waals surface area contributed by atoms with Gasteiger partial charge in [-0.25, -0.2) is 0 Å². The molecule has 0 aliphatic heterocycles. The first-order valence-corrected chi connectivity index (χ1v) is 5.02. The van der Waals surface area contributed by atoms with Crippen molar-refractivity contribution in [1.29, 1.82) is 0 Å². The number of nitrogens with two attached hydrogens (primary N) is 2. The molecule has 1 atom stereocenters. The number of anilines is 1. The van der Waals surface area contributed by atoms with E-state index in [0.717, 1.165) is 17.1 Å². The van der Waals surface area contributed by atoms with Gasteiger partial charge in [0.2, 0.25) is 5.91 Å². The second-order valence-corrected chi connectivity index (χ2v) is 4.05. The van der Waals surface area contributed by atoms with Gasteiger partial charge in [-0.1, -0.05) is 0 Å². The smallest absolute Gasteiger partial charge is 0.368 e. The number of hydrogen-bond acceptors (Lipinski definition) is 4. The van der Waals surface area contributed by atoms with Crippen LogP contribution in [0.4, 0.5) is 18.9 Å². The average Bonchev–Trinajstić information content (AvgIpc) is 2.62. The van der Waals surface area contributed by atoms with Crippen LogP contribution in [-0.2, 0) is 16.1 Å². The van der Waals surface area contributed by atoms with Crippen LogP contribution in [0.1, 0.15) is 6.92 Å². The maximum Gasteiger partial charge on any atom is 0.415 e. The maximum atomic E-state index is 12.5. The summed E-state index contributed by atoms with van der Waals surface area (Å²) < 4.78 is 38.6. The summed E-state index contributed by atoms with van der Waals surface area (Å²) in [6, 6.07) is 0. The van der Waals surface area contributed by atoms with Crippen molar-refractivity contribution in [3.63, 3.8) is 0 Å². The predicted octanol–water partition coefficient (Wildman–Crippen LogP) is -0.413. The molecule has 0 spiro atoms. The molecule has 1 aromatic rings. The first kappa shape index (κ1) is 15.0. The number of nitrogens with one attached hydrogen (secondary N) is 1. The summed E-state index contributed by atoms with van der Waals surface area (Å²) >= 11 is 0. The van der Waals surface area contributed by atoms with Gasteiger partial charge in [0.1, 0.15) is 6.54 Å². The Labute approximate surface area is 105 Å². The first-order chi connectivity index (χ1) is 8.54. The predicted molar refractivity (Wildman–Crippen MR) is 58.7 cm³/mol. The summed E-state index contributed by atoms with van der Waals surface area (Å²) in [7, 11) is 0. The number of carbonyl (C=O) groups excluding carboxylic acids is 2. The molecule has 0 saturated heterocycles. The van der Waals surface area contributed by atoms with E-state index in [2.05, 4.69) is 5.10 Å². The van der Waals surface area contributed by atoms with Gasteiger partial charge in [0, 0.05) is 6.20 Å². The third-order valence-electron chi connectivity index (χ3n) is 2.27. The molecule has 10 heteroatoms. The molecule has 1 rings (SSSR count). The number of alkyl halides is 3. The Kier molecular flexibility index (Phi) is 3.84. The lowest BCUT2D eigenvalue weighted by molar-refractivity contribution is -0.184. The van der Waals surface area contributed by atoms with Crippen molar-refractivity contribution >= 4 is 17.5 Å². The molecule has 1 aromatic heterocycles. The number of carbonyl (C=O) groups is 2. The minimum absolute atomic E-state index is 0.0211. The summed E-state index contributed by atoms with van der Waals surface area (Å²) in [6.07, 6.45) is -2.65. The molecule has 0 bridgehead atoms. The highest BCUT2D eigenvalue weighted by Gasteiger charge is 2.54. The van der Waals surface area contributed by atoms with Crippen LogP contribution in [0.15, 0.2) is 12.4 Å². The van der Waals surface area contributed by atoms with Gasteiger partial charge < -0.3 is 16.8 Å². The van der Waals surface area contributed by atoms with Gasteiger partial charge in [0.25, 0.3) is 5.91 Å². The van der Waals surface area contributed by atoms with Gasteiger partial charge in [-0.15, -0.1) is 0 Å². The molecule has 0 radical (unpaired) electrons. The van der Waals surface area contributed by atoms with Crippen LogP contribution in [0.25, 0.3) is 0 Å². The highest BCUT2D eigenvalue weighted by Crippen LogP contribution is 2.28. The standard InChI is InChI=1S/C9H12F3N5O2/c1-8(14,9(10,11)12)7(19)16-5-2-15-17(3-5)4-6(13)18/h2-3H,4,14H2,1H3,(H2,13,18)(H,16,19). The summed E-state index contributed by atoms with van der Waals surface area (Å²) in [4.78, 5) is 22.0. The van der Waals surface area contributed by atoms with Crippen LogP contribution in [0.3, 0.4) is 0 Å². The van der Waals surface area contributed by atoms with Crippen molar-refractivity contribution in [1.82, 2.24) is 9.78 Å². The molecule has 1 heterocycles. The Balaban J connectivity index is 2.78. The van der Waals surface area contributed by atoms with Crippen LogP contribution in [0.5, 0.6) is 0 Å². The number of primary amides is 1. The third kappa shape index (κ3) is 3.44. The van der Waals surface area contributed by atoms with Crippen molar-refractivity contribution in [2.75, 3.05) is 5.32 Å². The van der Waals surface area contributed by atoms with E-state index >= 15 is 0 Å². The number of hydrogen-bond donors (Lipinski definition) is 3. The molecule has 19 heavy (non-hydrogen) atoms. The highest BCUT2D eigenvalue weighted by atomic mass is 19.4. The van der Waals surface area contributed by atoms with Crippen molar-refractivity contribution in [2.45, 2.75) is 25.2 Å². The van der Waals surface area contributed by atoms with E-state index in [-0.39, 0.29) is 12.2 Å². The summed E-state index contributed by atoms with van der Waals surface area (Å²) in [5, 5.41) is 5.60. The van der Waals surface area contributed by atoms with Crippen LogP contribution in [-0.4, -0.2) is 33.3 Å². The molecule has 106 valence electrons. The number of rotatable bonds is 4. The van der Waals surface area contributed by atoms with E-state index in [1.165, 1.54) is 0 Å². The summed E-state index contributed by atoms with van der Waals surface area (Å²) in [6.45, 7) is 0.297. The average molecular weight is 279 g/mol. The maximum absolute atomic E-state index is 12.5. The fourth-order valence-corrected chi connectivity index (χ4v) is 1.06. The van der Waals surface area contributed by atoms with E-state index in [0.29, 0.717) is 6.92 Å². The molecule has 7 nitrogen and oxygen atoms in total.